The van der Waals surface area contributed by atoms with Gasteiger partial charge in [-0.05, 0) is 39.3 Å². The summed E-state index contributed by atoms with van der Waals surface area (Å²) in [4.78, 5) is 0. The summed E-state index contributed by atoms with van der Waals surface area (Å²) in [5.74, 6) is 0.598. The van der Waals surface area contributed by atoms with Crippen molar-refractivity contribution >= 4 is 30.5 Å². The van der Waals surface area contributed by atoms with Gasteiger partial charge in [0.2, 0.25) is 0 Å². The maximum absolute atomic E-state index is 6.13. The van der Waals surface area contributed by atoms with Crippen molar-refractivity contribution in [3.63, 3.8) is 0 Å². The fraction of sp³-hybridized carbons (Fsp3) is 0.529. The molecular weight excluding hydrogens is 376 g/mol. The lowest BCUT2D eigenvalue weighted by molar-refractivity contribution is 0.0212. The lowest BCUT2D eigenvalue weighted by Gasteiger charge is -2.35. The number of hydrogen-bond acceptors (Lipinski definition) is 4. The first-order valence-electron chi connectivity index (χ1n) is 8.06. The summed E-state index contributed by atoms with van der Waals surface area (Å²) in [7, 11) is -2.92. The molecule has 130 valence electrons. The molecule has 1 atom stereocenters. The molecule has 0 aliphatic heterocycles. The molecule has 0 bridgehead atoms. The van der Waals surface area contributed by atoms with Crippen molar-refractivity contribution in [2.75, 3.05) is 19.8 Å². The van der Waals surface area contributed by atoms with Gasteiger partial charge in [-0.3, -0.25) is 0 Å². The maximum atomic E-state index is 6.13. The first-order valence-corrected chi connectivity index (χ1v) is 10.7. The number of benzene rings is 1. The van der Waals surface area contributed by atoms with Crippen LogP contribution in [0.1, 0.15) is 39.7 Å². The minimum Gasteiger partial charge on any atom is -0.486 e. The standard InChI is InChI=1S/C17H27BrO4Si/c1-6-17(23(19-7-2,20-8-3)21-9-4)22-14(5)15-10-12-16(18)13-11-15/h10-13,17H,5-9H2,1-4H3. The molecule has 0 aliphatic rings. The Labute approximate surface area is 149 Å². The van der Waals surface area contributed by atoms with E-state index in [2.05, 4.69) is 22.5 Å². The van der Waals surface area contributed by atoms with Crippen LogP contribution in [0.3, 0.4) is 0 Å². The first-order chi connectivity index (χ1) is 11.0. The van der Waals surface area contributed by atoms with Gasteiger partial charge >= 0.3 is 8.80 Å². The second-order valence-corrected chi connectivity index (χ2v) is 8.48. The Bertz CT molecular complexity index is 461. The molecule has 4 nitrogen and oxygen atoms in total. The van der Waals surface area contributed by atoms with E-state index in [1.807, 2.05) is 52.0 Å². The fourth-order valence-corrected chi connectivity index (χ4v) is 5.35. The SMILES string of the molecule is C=C(OC(CC)[Si](OCC)(OCC)OCC)c1ccc(Br)cc1. The average Bonchev–Trinajstić information content (AvgIpc) is 2.53. The predicted octanol–water partition coefficient (Wildman–Crippen LogP) is 4.80. The van der Waals surface area contributed by atoms with E-state index in [-0.39, 0.29) is 5.73 Å². The lowest BCUT2D eigenvalue weighted by Crippen LogP contribution is -2.57. The average molecular weight is 403 g/mol. The summed E-state index contributed by atoms with van der Waals surface area (Å²) in [6, 6.07) is 7.85. The molecule has 0 saturated heterocycles. The van der Waals surface area contributed by atoms with Gasteiger partial charge in [0, 0.05) is 29.9 Å². The zero-order valence-corrected chi connectivity index (χ0v) is 17.0. The molecule has 1 rings (SSSR count). The molecular formula is C17H27BrO4Si. The van der Waals surface area contributed by atoms with Crippen LogP contribution < -0.4 is 0 Å². The summed E-state index contributed by atoms with van der Waals surface area (Å²) in [6.45, 7) is 13.5. The van der Waals surface area contributed by atoms with Crippen molar-refractivity contribution in [2.45, 2.75) is 39.8 Å². The second kappa shape index (κ2) is 10.3. The third-order valence-corrected chi connectivity index (χ3v) is 7.17. The smallest absolute Gasteiger partial charge is 0.486 e. The van der Waals surface area contributed by atoms with Crippen molar-refractivity contribution in [3.8, 4) is 0 Å². The Balaban J connectivity index is 2.97. The van der Waals surface area contributed by atoms with Crippen LogP contribution in [0.5, 0.6) is 0 Å². The quantitative estimate of drug-likeness (QED) is 0.393. The van der Waals surface area contributed by atoms with Crippen LogP contribution in [0.4, 0.5) is 0 Å². The Kier molecular flexibility index (Phi) is 9.09. The van der Waals surface area contributed by atoms with Crippen LogP contribution in [0.15, 0.2) is 35.3 Å². The summed E-state index contributed by atoms with van der Waals surface area (Å²) in [6.07, 6.45) is 0.724. The molecule has 6 heteroatoms. The number of hydrogen-bond donors (Lipinski definition) is 0. The van der Waals surface area contributed by atoms with Crippen LogP contribution in [0.25, 0.3) is 5.76 Å². The van der Waals surface area contributed by atoms with Crippen molar-refractivity contribution in [1.29, 1.82) is 0 Å². The van der Waals surface area contributed by atoms with E-state index in [1.165, 1.54) is 0 Å². The summed E-state index contributed by atoms with van der Waals surface area (Å²) < 4.78 is 25.0. The van der Waals surface area contributed by atoms with E-state index in [1.54, 1.807) is 0 Å². The van der Waals surface area contributed by atoms with Gasteiger partial charge in [-0.25, -0.2) is 0 Å². The van der Waals surface area contributed by atoms with Crippen molar-refractivity contribution in [2.24, 2.45) is 0 Å². The molecule has 0 aromatic heterocycles. The highest BCUT2D eigenvalue weighted by atomic mass is 79.9. The van der Waals surface area contributed by atoms with Crippen molar-refractivity contribution < 1.29 is 18.0 Å². The largest absolute Gasteiger partial charge is 0.543 e. The van der Waals surface area contributed by atoms with Gasteiger partial charge in [0.05, 0.1) is 0 Å². The van der Waals surface area contributed by atoms with E-state index < -0.39 is 8.80 Å². The predicted molar refractivity (Wildman–Crippen MR) is 99.0 cm³/mol. The van der Waals surface area contributed by atoms with Crippen LogP contribution in [-0.2, 0) is 18.0 Å². The molecule has 0 saturated carbocycles. The molecule has 1 unspecified atom stereocenters. The van der Waals surface area contributed by atoms with E-state index in [0.29, 0.717) is 25.6 Å². The molecule has 0 radical (unpaired) electrons. The highest BCUT2D eigenvalue weighted by Crippen LogP contribution is 2.26. The normalized spacial score (nSPS) is 12.9. The number of ether oxygens (including phenoxy) is 1. The summed E-state index contributed by atoms with van der Waals surface area (Å²) in [5, 5.41) is 0. The Hall–Kier alpha value is -0.663. The van der Waals surface area contributed by atoms with Crippen LogP contribution in [0.2, 0.25) is 0 Å². The van der Waals surface area contributed by atoms with Crippen LogP contribution in [0, 0.1) is 0 Å². The van der Waals surface area contributed by atoms with Crippen LogP contribution >= 0.6 is 15.9 Å². The van der Waals surface area contributed by atoms with Gasteiger partial charge in [0.25, 0.3) is 0 Å². The van der Waals surface area contributed by atoms with Crippen molar-refractivity contribution in [3.05, 3.63) is 40.9 Å². The third-order valence-electron chi connectivity index (χ3n) is 3.25. The van der Waals surface area contributed by atoms with Gasteiger partial charge in [-0.2, -0.15) is 0 Å². The van der Waals surface area contributed by atoms with Gasteiger partial charge in [-0.1, -0.05) is 41.6 Å². The molecule has 1 aromatic carbocycles. The van der Waals surface area contributed by atoms with Crippen LogP contribution in [-0.4, -0.2) is 34.4 Å². The third kappa shape index (κ3) is 5.72. The molecule has 0 spiro atoms. The zero-order chi connectivity index (χ0) is 17.3. The highest BCUT2D eigenvalue weighted by Gasteiger charge is 2.50. The summed E-state index contributed by atoms with van der Waals surface area (Å²) >= 11 is 3.43. The number of rotatable bonds is 11. The van der Waals surface area contributed by atoms with Crippen molar-refractivity contribution in [1.82, 2.24) is 0 Å². The first kappa shape index (κ1) is 20.4. The van der Waals surface area contributed by atoms with Gasteiger partial charge in [-0.15, -0.1) is 0 Å². The van der Waals surface area contributed by atoms with E-state index in [4.69, 9.17) is 18.0 Å². The Morgan fingerprint density at radius 2 is 1.48 bits per heavy atom. The summed E-state index contributed by atoms with van der Waals surface area (Å²) in [5.41, 5.74) is 0.651. The molecule has 0 N–H and O–H groups in total. The van der Waals surface area contributed by atoms with E-state index >= 15 is 0 Å². The molecule has 0 heterocycles. The lowest BCUT2D eigenvalue weighted by atomic mass is 10.2. The minimum atomic E-state index is -2.92. The number of halogens is 1. The monoisotopic (exact) mass is 402 g/mol. The Morgan fingerprint density at radius 1 is 1.00 bits per heavy atom. The highest BCUT2D eigenvalue weighted by molar-refractivity contribution is 9.10. The second-order valence-electron chi connectivity index (χ2n) is 4.85. The maximum Gasteiger partial charge on any atom is 0.543 e. The van der Waals surface area contributed by atoms with E-state index in [0.717, 1.165) is 16.5 Å². The molecule has 0 aliphatic carbocycles. The topological polar surface area (TPSA) is 36.9 Å². The van der Waals surface area contributed by atoms with Gasteiger partial charge in [0.1, 0.15) is 5.76 Å². The minimum absolute atomic E-state index is 0.279. The molecule has 0 fully saturated rings. The Morgan fingerprint density at radius 3 is 1.87 bits per heavy atom. The fourth-order valence-electron chi connectivity index (χ4n) is 2.29. The van der Waals surface area contributed by atoms with Gasteiger partial charge < -0.3 is 18.0 Å². The zero-order valence-electron chi connectivity index (χ0n) is 14.4. The molecule has 23 heavy (non-hydrogen) atoms. The van der Waals surface area contributed by atoms with Gasteiger partial charge in [0.15, 0.2) is 5.73 Å². The van der Waals surface area contributed by atoms with E-state index in [9.17, 15) is 0 Å². The molecule has 1 aromatic rings. The molecule has 0 amide bonds.